The maximum absolute atomic E-state index is 6.42. The van der Waals surface area contributed by atoms with Crippen molar-refractivity contribution < 1.29 is 4.74 Å². The van der Waals surface area contributed by atoms with Gasteiger partial charge >= 0.3 is 0 Å². The van der Waals surface area contributed by atoms with E-state index in [9.17, 15) is 0 Å². The number of rotatable bonds is 6. The maximum Gasteiger partial charge on any atom is 0.129 e. The quantitative estimate of drug-likeness (QED) is 0.193. The summed E-state index contributed by atoms with van der Waals surface area (Å²) < 4.78 is 8.30. The van der Waals surface area contributed by atoms with Gasteiger partial charge in [-0.2, -0.15) is 5.10 Å². The van der Waals surface area contributed by atoms with E-state index in [4.69, 9.17) is 4.74 Å². The third-order valence-corrected chi connectivity index (χ3v) is 8.41. The lowest BCUT2D eigenvalue weighted by Crippen LogP contribution is -2.25. The number of hydrogen-bond donors (Lipinski definition) is 0. The molecule has 45 heavy (non-hydrogen) atoms. The molecule has 2 aromatic heterocycles. The molecule has 0 saturated carbocycles. The molecule has 0 aliphatic carbocycles. The predicted octanol–water partition coefficient (Wildman–Crippen LogP) is 9.89. The monoisotopic (exact) mass is 591 g/mol. The van der Waals surface area contributed by atoms with Crippen molar-refractivity contribution in [1.29, 1.82) is 0 Å². The molecule has 1 aliphatic heterocycles. The van der Waals surface area contributed by atoms with Crippen molar-refractivity contribution in [3.05, 3.63) is 139 Å². The Balaban J connectivity index is 1.16. The van der Waals surface area contributed by atoms with Crippen LogP contribution in [0.2, 0.25) is 0 Å². The van der Waals surface area contributed by atoms with Crippen LogP contribution in [0, 0.1) is 13.8 Å². The molecular weight excluding hydrogens is 554 g/mol. The highest BCUT2D eigenvalue weighted by molar-refractivity contribution is 5.88. The van der Waals surface area contributed by atoms with Gasteiger partial charge in [0.1, 0.15) is 18.2 Å². The number of hydrogen-bond acceptors (Lipinski definition) is 5. The predicted molar refractivity (Wildman–Crippen MR) is 184 cm³/mol. The number of fused-ring (bicyclic) bond motifs is 1. The molecule has 0 saturated heterocycles. The minimum absolute atomic E-state index is 0.0913. The Morgan fingerprint density at radius 2 is 1.36 bits per heavy atom. The first-order valence-electron chi connectivity index (χ1n) is 15.3. The molecule has 0 bridgehead atoms. The van der Waals surface area contributed by atoms with E-state index in [1.54, 1.807) is 0 Å². The summed E-state index contributed by atoms with van der Waals surface area (Å²) in [6, 6.07) is 33.3. The summed E-state index contributed by atoms with van der Waals surface area (Å²) in [7, 11) is 0. The number of nitrogens with zero attached hydrogens (tertiary/aromatic N) is 5. The smallest absolute Gasteiger partial charge is 0.129 e. The molecule has 3 heterocycles. The second-order valence-corrected chi connectivity index (χ2v) is 12.7. The third kappa shape index (κ3) is 5.55. The van der Waals surface area contributed by atoms with Gasteiger partial charge in [-0.25, -0.2) is 4.68 Å². The Kier molecular flexibility index (Phi) is 7.13. The zero-order valence-electron chi connectivity index (χ0n) is 26.4. The van der Waals surface area contributed by atoms with E-state index in [0.29, 0.717) is 6.67 Å². The second kappa shape index (κ2) is 11.3. The Labute approximate surface area is 265 Å². The number of pyridine rings is 1. The van der Waals surface area contributed by atoms with Gasteiger partial charge in [0.05, 0.1) is 29.5 Å². The van der Waals surface area contributed by atoms with Crippen molar-refractivity contribution in [3.8, 4) is 28.3 Å². The number of aromatic nitrogens is 3. The lowest BCUT2D eigenvalue weighted by molar-refractivity contribution is 0.482. The highest BCUT2D eigenvalue weighted by Gasteiger charge is 2.30. The summed E-state index contributed by atoms with van der Waals surface area (Å²) in [6.07, 6.45) is 7.76. The zero-order chi connectivity index (χ0) is 31.1. The van der Waals surface area contributed by atoms with Crippen LogP contribution in [0.15, 0.2) is 122 Å². The Morgan fingerprint density at radius 3 is 2.07 bits per heavy atom. The number of aryl methyl sites for hydroxylation is 2. The summed E-state index contributed by atoms with van der Waals surface area (Å²) in [5, 5.41) is 4.60. The summed E-state index contributed by atoms with van der Waals surface area (Å²) in [5.74, 6) is 1.52. The van der Waals surface area contributed by atoms with Crippen LogP contribution in [-0.2, 0) is 5.41 Å². The first kappa shape index (κ1) is 28.4. The van der Waals surface area contributed by atoms with Crippen molar-refractivity contribution in [2.24, 2.45) is 0 Å². The van der Waals surface area contributed by atoms with E-state index in [-0.39, 0.29) is 5.41 Å². The van der Waals surface area contributed by atoms with Crippen molar-refractivity contribution in [1.82, 2.24) is 14.8 Å². The highest BCUT2D eigenvalue weighted by atomic mass is 16.5. The van der Waals surface area contributed by atoms with Crippen molar-refractivity contribution >= 4 is 22.7 Å². The van der Waals surface area contributed by atoms with Crippen LogP contribution in [0.3, 0.4) is 0 Å². The number of benzene rings is 4. The Hall–Kier alpha value is -5.36. The maximum atomic E-state index is 6.42. The van der Waals surface area contributed by atoms with Gasteiger partial charge in [0, 0.05) is 41.5 Å². The van der Waals surface area contributed by atoms with Crippen LogP contribution >= 0.6 is 0 Å². The minimum atomic E-state index is 0.0913. The Morgan fingerprint density at radius 1 is 0.667 bits per heavy atom. The zero-order valence-corrected chi connectivity index (χ0v) is 26.4. The van der Waals surface area contributed by atoms with Gasteiger partial charge < -0.3 is 14.5 Å². The van der Waals surface area contributed by atoms with Crippen molar-refractivity contribution in [2.45, 2.75) is 40.0 Å². The molecular formula is C39H37N5O. The molecule has 7 rings (SSSR count). The SMILES string of the molecule is Cc1cc(C(C)(C)C)cc(C)c1N1CN(c2cccc(Oc3cccc(-n4cc(-c5ccccc5)cn4)c3)c2)c2ccncc21. The van der Waals surface area contributed by atoms with E-state index in [0.717, 1.165) is 45.4 Å². The molecule has 4 aromatic carbocycles. The van der Waals surface area contributed by atoms with Crippen LogP contribution in [0.4, 0.5) is 22.7 Å². The molecule has 1 aliphatic rings. The summed E-state index contributed by atoms with van der Waals surface area (Å²) in [4.78, 5) is 9.21. The van der Waals surface area contributed by atoms with Gasteiger partial charge in [0.2, 0.25) is 0 Å². The van der Waals surface area contributed by atoms with Gasteiger partial charge in [-0.05, 0) is 71.8 Å². The number of anilines is 4. The minimum Gasteiger partial charge on any atom is -0.457 e. The fourth-order valence-electron chi connectivity index (χ4n) is 6.12. The van der Waals surface area contributed by atoms with E-state index >= 15 is 0 Å². The van der Waals surface area contributed by atoms with Gasteiger partial charge in [-0.3, -0.25) is 4.98 Å². The lowest BCUT2D eigenvalue weighted by Gasteiger charge is -2.28. The molecule has 224 valence electrons. The fourth-order valence-corrected chi connectivity index (χ4v) is 6.12. The molecule has 0 fully saturated rings. The molecule has 0 radical (unpaired) electrons. The first-order valence-corrected chi connectivity index (χ1v) is 15.3. The lowest BCUT2D eigenvalue weighted by atomic mass is 9.84. The third-order valence-electron chi connectivity index (χ3n) is 8.41. The Bertz CT molecular complexity index is 1970. The van der Waals surface area contributed by atoms with E-state index in [1.807, 2.05) is 84.1 Å². The normalized spacial score (nSPS) is 12.8. The highest BCUT2D eigenvalue weighted by Crippen LogP contribution is 2.46. The summed E-state index contributed by atoms with van der Waals surface area (Å²) >= 11 is 0. The van der Waals surface area contributed by atoms with Crippen molar-refractivity contribution in [3.63, 3.8) is 0 Å². The summed E-state index contributed by atoms with van der Waals surface area (Å²) in [6.45, 7) is 11.9. The topological polar surface area (TPSA) is 46.4 Å². The fraction of sp³-hybridized carbons (Fsp3) is 0.179. The van der Waals surface area contributed by atoms with Crippen LogP contribution in [-0.4, -0.2) is 21.4 Å². The van der Waals surface area contributed by atoms with Gasteiger partial charge in [-0.15, -0.1) is 0 Å². The average Bonchev–Trinajstić information content (AvgIpc) is 3.68. The van der Waals surface area contributed by atoms with Crippen LogP contribution < -0.4 is 14.5 Å². The first-order chi connectivity index (χ1) is 21.7. The van der Waals surface area contributed by atoms with Gasteiger partial charge in [0.15, 0.2) is 0 Å². The van der Waals surface area contributed by atoms with Crippen molar-refractivity contribution in [2.75, 3.05) is 16.5 Å². The number of ether oxygens (including phenoxy) is 1. The van der Waals surface area contributed by atoms with Gasteiger partial charge in [0.25, 0.3) is 0 Å². The van der Waals surface area contributed by atoms with Crippen LogP contribution in [0.5, 0.6) is 11.5 Å². The molecule has 0 atom stereocenters. The van der Waals surface area contributed by atoms with E-state index in [2.05, 4.69) is 97.0 Å². The molecule has 6 aromatic rings. The molecule has 6 nitrogen and oxygen atoms in total. The molecule has 0 N–H and O–H groups in total. The molecule has 0 spiro atoms. The van der Waals surface area contributed by atoms with Gasteiger partial charge in [-0.1, -0.05) is 75.4 Å². The van der Waals surface area contributed by atoms with E-state index < -0.39 is 0 Å². The van der Waals surface area contributed by atoms with E-state index in [1.165, 1.54) is 22.4 Å². The standard InChI is InChI=1S/C39H37N5O/c1-27-19-31(39(3,4)5)20-28(2)38(27)43-26-42(36-17-18-40-24-37(36)43)32-13-9-15-34(21-32)45-35-16-10-14-33(22-35)44-25-30(23-41-44)29-11-7-6-8-12-29/h6-25H,26H2,1-5H3. The largest absolute Gasteiger partial charge is 0.457 e. The second-order valence-electron chi connectivity index (χ2n) is 12.7. The van der Waals surface area contributed by atoms with Crippen LogP contribution in [0.1, 0.15) is 37.5 Å². The van der Waals surface area contributed by atoms with Crippen LogP contribution in [0.25, 0.3) is 16.8 Å². The summed E-state index contributed by atoms with van der Waals surface area (Å²) in [5.41, 5.74) is 11.6. The average molecular weight is 592 g/mol. The molecule has 0 amide bonds. The molecule has 6 heteroatoms. The molecule has 0 unspecified atom stereocenters.